The lowest BCUT2D eigenvalue weighted by atomic mass is 9.94. The van der Waals surface area contributed by atoms with Gasteiger partial charge in [-0.3, -0.25) is 9.59 Å². The highest BCUT2D eigenvalue weighted by molar-refractivity contribution is 9.10. The smallest absolute Gasteiger partial charge is 0.255 e. The van der Waals surface area contributed by atoms with Crippen LogP contribution in [0.5, 0.6) is 0 Å². The first-order valence-electron chi connectivity index (χ1n) is 9.15. The van der Waals surface area contributed by atoms with Gasteiger partial charge in [0, 0.05) is 21.3 Å². The second-order valence-corrected chi connectivity index (χ2v) is 7.95. The number of nitrogens with zero attached hydrogens (tertiary/aromatic N) is 1. The van der Waals surface area contributed by atoms with Crippen LogP contribution < -0.4 is 5.32 Å². The molecule has 3 aromatic carbocycles. The van der Waals surface area contributed by atoms with Gasteiger partial charge in [0.1, 0.15) is 12.4 Å². The fourth-order valence-electron chi connectivity index (χ4n) is 3.61. The van der Waals surface area contributed by atoms with Crippen molar-refractivity contribution in [1.82, 2.24) is 4.90 Å². The van der Waals surface area contributed by atoms with Gasteiger partial charge in [0.15, 0.2) is 0 Å². The lowest BCUT2D eigenvalue weighted by Gasteiger charge is -2.31. The molecule has 0 spiro atoms. The second-order valence-electron chi connectivity index (χ2n) is 7.04. The van der Waals surface area contributed by atoms with E-state index in [1.54, 1.807) is 30.3 Å². The van der Waals surface area contributed by atoms with Crippen LogP contribution in [0.2, 0.25) is 0 Å². The van der Waals surface area contributed by atoms with Gasteiger partial charge < -0.3 is 10.2 Å². The van der Waals surface area contributed by atoms with Crippen molar-refractivity contribution in [1.29, 1.82) is 0 Å². The molecule has 0 radical (unpaired) electrons. The highest BCUT2D eigenvalue weighted by atomic mass is 79.9. The molecule has 0 bridgehead atoms. The average molecular weight is 453 g/mol. The lowest BCUT2D eigenvalue weighted by Crippen LogP contribution is -2.39. The summed E-state index contributed by atoms with van der Waals surface area (Å²) in [5, 5.41) is 2.89. The predicted octanol–water partition coefficient (Wildman–Crippen LogP) is 5.08. The molecule has 0 aliphatic carbocycles. The molecular weight excluding hydrogens is 435 g/mol. The molecule has 0 saturated heterocycles. The number of carbonyl (C=O) groups is 2. The first-order valence-corrected chi connectivity index (χ1v) is 9.94. The van der Waals surface area contributed by atoms with E-state index in [2.05, 4.69) is 21.2 Å². The van der Waals surface area contributed by atoms with Gasteiger partial charge >= 0.3 is 0 Å². The minimum atomic E-state index is -0.532. The van der Waals surface area contributed by atoms with Gasteiger partial charge in [-0.05, 0) is 48.9 Å². The summed E-state index contributed by atoms with van der Waals surface area (Å²) in [6.07, 6.45) is 0. The zero-order valence-electron chi connectivity index (χ0n) is 15.7. The molecule has 0 fully saturated rings. The van der Waals surface area contributed by atoms with Gasteiger partial charge in [-0.2, -0.15) is 0 Å². The van der Waals surface area contributed by atoms with E-state index >= 15 is 0 Å². The highest BCUT2D eigenvalue weighted by Crippen LogP contribution is 2.37. The summed E-state index contributed by atoms with van der Waals surface area (Å²) < 4.78 is 14.3. The van der Waals surface area contributed by atoms with Crippen LogP contribution in [0.25, 0.3) is 0 Å². The maximum absolute atomic E-state index is 13.6. The van der Waals surface area contributed by atoms with E-state index in [9.17, 15) is 14.0 Å². The third-order valence-corrected chi connectivity index (χ3v) is 5.41. The number of fused-ring (bicyclic) bond motifs is 1. The molecule has 1 unspecified atom stereocenters. The zero-order valence-corrected chi connectivity index (χ0v) is 17.2. The lowest BCUT2D eigenvalue weighted by molar-refractivity contribution is -0.117. The van der Waals surface area contributed by atoms with Gasteiger partial charge in [-0.1, -0.05) is 51.8 Å². The normalized spacial score (nSPS) is 16.0. The Kier molecular flexibility index (Phi) is 5.20. The molecule has 1 aliphatic heterocycles. The first kappa shape index (κ1) is 19.3. The molecule has 1 heterocycles. The molecule has 146 valence electrons. The van der Waals surface area contributed by atoms with Gasteiger partial charge in [-0.15, -0.1) is 0 Å². The summed E-state index contributed by atoms with van der Waals surface area (Å²) in [4.78, 5) is 27.6. The van der Waals surface area contributed by atoms with E-state index in [-0.39, 0.29) is 24.2 Å². The molecule has 1 aliphatic rings. The number of amides is 2. The molecule has 1 atom stereocenters. The molecule has 6 heteroatoms. The van der Waals surface area contributed by atoms with Crippen molar-refractivity contribution >= 4 is 33.4 Å². The molecule has 0 aromatic heterocycles. The number of benzene rings is 3. The Morgan fingerprint density at radius 2 is 1.86 bits per heavy atom. The largest absolute Gasteiger partial charge is 0.324 e. The molecule has 29 heavy (non-hydrogen) atoms. The van der Waals surface area contributed by atoms with Crippen molar-refractivity contribution in [3.8, 4) is 0 Å². The van der Waals surface area contributed by atoms with Crippen LogP contribution in [0.3, 0.4) is 0 Å². The van der Waals surface area contributed by atoms with Gasteiger partial charge in [0.2, 0.25) is 5.91 Å². The summed E-state index contributed by atoms with van der Waals surface area (Å²) in [7, 11) is 0. The van der Waals surface area contributed by atoms with E-state index in [4.69, 9.17) is 0 Å². The summed E-state index contributed by atoms with van der Waals surface area (Å²) in [6.45, 7) is 1.84. The topological polar surface area (TPSA) is 49.4 Å². The first-order chi connectivity index (χ1) is 13.9. The summed E-state index contributed by atoms with van der Waals surface area (Å²) in [5.41, 5.74) is 3.65. The number of hydrogen-bond donors (Lipinski definition) is 1. The van der Waals surface area contributed by atoms with E-state index < -0.39 is 6.04 Å². The standard InChI is InChI=1S/C23H18BrFN2O2/c1-14-5-10-20-19(11-14)22(15-6-8-18(25)9-7-15)27(13-21(28)26-20)23(29)16-3-2-4-17(24)12-16/h2-12,22H,13H2,1H3,(H,26,28). The monoisotopic (exact) mass is 452 g/mol. The van der Waals surface area contributed by atoms with Crippen LogP contribution in [-0.4, -0.2) is 23.3 Å². The minimum Gasteiger partial charge on any atom is -0.324 e. The molecule has 1 N–H and O–H groups in total. The SMILES string of the molecule is Cc1ccc2c(c1)C(c1ccc(F)cc1)N(C(=O)c1cccc(Br)c1)CC(=O)N2. The van der Waals surface area contributed by atoms with E-state index in [1.807, 2.05) is 31.2 Å². The average Bonchev–Trinajstić information content (AvgIpc) is 2.84. The third-order valence-electron chi connectivity index (χ3n) is 4.92. The Hall–Kier alpha value is -2.99. The highest BCUT2D eigenvalue weighted by Gasteiger charge is 2.34. The van der Waals surface area contributed by atoms with E-state index in [1.165, 1.54) is 17.0 Å². The van der Waals surface area contributed by atoms with Crippen LogP contribution in [-0.2, 0) is 4.79 Å². The summed E-state index contributed by atoms with van der Waals surface area (Å²) in [6, 6.07) is 18.3. The Bertz CT molecular complexity index is 1100. The van der Waals surface area contributed by atoms with Crippen LogP contribution in [0.4, 0.5) is 10.1 Å². The van der Waals surface area contributed by atoms with Crippen molar-refractivity contribution in [2.45, 2.75) is 13.0 Å². The number of rotatable bonds is 2. The number of aryl methyl sites for hydroxylation is 1. The third kappa shape index (κ3) is 3.93. The Labute approximate surface area is 176 Å². The fourth-order valence-corrected chi connectivity index (χ4v) is 4.01. The number of halogens is 2. The van der Waals surface area contributed by atoms with Crippen molar-refractivity contribution < 1.29 is 14.0 Å². The Morgan fingerprint density at radius 1 is 1.10 bits per heavy atom. The van der Waals surface area contributed by atoms with Gasteiger partial charge in [0.25, 0.3) is 5.91 Å². The van der Waals surface area contributed by atoms with Crippen molar-refractivity contribution in [3.05, 3.63) is 99.3 Å². The van der Waals surface area contributed by atoms with Crippen molar-refractivity contribution in [3.63, 3.8) is 0 Å². The van der Waals surface area contributed by atoms with Crippen molar-refractivity contribution in [2.75, 3.05) is 11.9 Å². The number of hydrogen-bond acceptors (Lipinski definition) is 2. The van der Waals surface area contributed by atoms with Crippen molar-refractivity contribution in [2.24, 2.45) is 0 Å². The van der Waals surface area contributed by atoms with E-state index in [0.717, 1.165) is 21.2 Å². The van der Waals surface area contributed by atoms with Crippen LogP contribution in [0.15, 0.2) is 71.2 Å². The number of anilines is 1. The fraction of sp³-hybridized carbons (Fsp3) is 0.130. The van der Waals surface area contributed by atoms with E-state index in [0.29, 0.717) is 11.3 Å². The second kappa shape index (κ2) is 7.79. The van der Waals surface area contributed by atoms with Gasteiger partial charge in [0.05, 0.1) is 6.04 Å². The molecule has 4 nitrogen and oxygen atoms in total. The zero-order chi connectivity index (χ0) is 20.5. The molecule has 4 rings (SSSR count). The maximum Gasteiger partial charge on any atom is 0.255 e. The molecule has 3 aromatic rings. The molecular formula is C23H18BrFN2O2. The maximum atomic E-state index is 13.6. The van der Waals surface area contributed by atoms with Gasteiger partial charge in [-0.25, -0.2) is 4.39 Å². The number of carbonyl (C=O) groups excluding carboxylic acids is 2. The van der Waals surface area contributed by atoms with Crippen LogP contribution >= 0.6 is 15.9 Å². The quantitative estimate of drug-likeness (QED) is 0.589. The predicted molar refractivity (Wildman–Crippen MR) is 113 cm³/mol. The number of nitrogens with one attached hydrogen (secondary N) is 1. The Balaban J connectivity index is 1.90. The molecule has 2 amide bonds. The summed E-state index contributed by atoms with van der Waals surface area (Å²) in [5.74, 6) is -0.904. The minimum absolute atomic E-state index is 0.110. The Morgan fingerprint density at radius 3 is 2.59 bits per heavy atom. The molecule has 0 saturated carbocycles. The van der Waals surface area contributed by atoms with Crippen LogP contribution in [0.1, 0.15) is 33.1 Å². The van der Waals surface area contributed by atoms with Crippen LogP contribution in [0, 0.1) is 12.7 Å². The summed E-state index contributed by atoms with van der Waals surface area (Å²) >= 11 is 3.39.